The molecular formula is C18H20BrN5OS. The number of likely N-dealkylation sites (N-methyl/N-ethyl adjacent to an activating group) is 1. The SMILES string of the molecule is C=C(Br)/C=N\N(C)C(C=C(NC)c1cccs1)=NCc1ccc[n+]([O-])c1. The first-order valence-electron chi connectivity index (χ1n) is 7.77. The van der Waals surface area contributed by atoms with E-state index in [1.165, 1.54) is 12.4 Å². The number of hydrazone groups is 1. The maximum Gasteiger partial charge on any atom is 0.185 e. The summed E-state index contributed by atoms with van der Waals surface area (Å²) < 4.78 is 1.43. The second kappa shape index (κ2) is 9.88. The summed E-state index contributed by atoms with van der Waals surface area (Å²) in [6.45, 7) is 4.11. The first-order chi connectivity index (χ1) is 12.5. The van der Waals surface area contributed by atoms with Gasteiger partial charge in [0.05, 0.1) is 23.3 Å². The molecule has 0 fully saturated rings. The zero-order chi connectivity index (χ0) is 18.9. The van der Waals surface area contributed by atoms with Crippen LogP contribution in [0.1, 0.15) is 10.4 Å². The minimum Gasteiger partial charge on any atom is -0.619 e. The summed E-state index contributed by atoms with van der Waals surface area (Å²) in [5, 5.41) is 22.6. The molecule has 0 spiro atoms. The van der Waals surface area contributed by atoms with E-state index < -0.39 is 0 Å². The smallest absolute Gasteiger partial charge is 0.185 e. The Hall–Kier alpha value is -2.45. The quantitative estimate of drug-likeness (QED) is 0.239. The Morgan fingerprint density at radius 1 is 1.46 bits per heavy atom. The molecule has 0 aliphatic rings. The molecule has 0 unspecified atom stereocenters. The topological polar surface area (TPSA) is 66.9 Å². The highest BCUT2D eigenvalue weighted by Gasteiger charge is 2.08. The van der Waals surface area contributed by atoms with Crippen molar-refractivity contribution in [2.45, 2.75) is 6.54 Å². The molecule has 0 aliphatic carbocycles. The van der Waals surface area contributed by atoms with E-state index in [-0.39, 0.29) is 0 Å². The van der Waals surface area contributed by atoms with Crippen LogP contribution in [0.25, 0.3) is 5.70 Å². The maximum atomic E-state index is 11.4. The van der Waals surface area contributed by atoms with Crippen molar-refractivity contribution in [2.24, 2.45) is 10.1 Å². The molecule has 2 heterocycles. The Kier molecular flexibility index (Phi) is 7.55. The van der Waals surface area contributed by atoms with Gasteiger partial charge >= 0.3 is 0 Å². The van der Waals surface area contributed by atoms with Gasteiger partial charge in [-0.25, -0.2) is 0 Å². The summed E-state index contributed by atoms with van der Waals surface area (Å²) in [5.74, 6) is 0.647. The fourth-order valence-electron chi connectivity index (χ4n) is 2.04. The molecular weight excluding hydrogens is 414 g/mol. The van der Waals surface area contributed by atoms with Crippen molar-refractivity contribution in [3.05, 3.63) is 74.8 Å². The van der Waals surface area contributed by atoms with Crippen molar-refractivity contribution >= 4 is 45.0 Å². The number of nitrogens with zero attached hydrogens (tertiary/aromatic N) is 4. The van der Waals surface area contributed by atoms with Gasteiger partial charge in [-0.15, -0.1) is 11.3 Å². The third-order valence-corrected chi connectivity index (χ3v) is 4.40. The highest BCUT2D eigenvalue weighted by atomic mass is 79.9. The van der Waals surface area contributed by atoms with Crippen molar-refractivity contribution in [1.82, 2.24) is 10.3 Å². The third kappa shape index (κ3) is 6.12. The van der Waals surface area contributed by atoms with Gasteiger partial charge in [0.2, 0.25) is 0 Å². The highest BCUT2D eigenvalue weighted by Crippen LogP contribution is 2.18. The lowest BCUT2D eigenvalue weighted by atomic mass is 10.3. The van der Waals surface area contributed by atoms with E-state index in [1.807, 2.05) is 43.8 Å². The number of allylic oxidation sites excluding steroid dienone is 1. The van der Waals surface area contributed by atoms with E-state index in [2.05, 4.69) is 37.9 Å². The lowest BCUT2D eigenvalue weighted by molar-refractivity contribution is -0.605. The summed E-state index contributed by atoms with van der Waals surface area (Å²) in [6.07, 6.45) is 6.48. The highest BCUT2D eigenvalue weighted by molar-refractivity contribution is 9.12. The number of aliphatic imine (C=N–C) groups is 1. The Morgan fingerprint density at radius 3 is 2.88 bits per heavy atom. The van der Waals surface area contributed by atoms with Gasteiger partial charge in [-0.2, -0.15) is 9.83 Å². The molecule has 2 aromatic heterocycles. The molecule has 0 amide bonds. The second-order valence-electron chi connectivity index (χ2n) is 5.25. The van der Waals surface area contributed by atoms with E-state index in [9.17, 15) is 5.21 Å². The maximum absolute atomic E-state index is 11.4. The van der Waals surface area contributed by atoms with Gasteiger partial charge in [0.1, 0.15) is 5.84 Å². The number of nitrogens with one attached hydrogen (secondary N) is 1. The number of aromatic nitrogens is 1. The largest absolute Gasteiger partial charge is 0.619 e. The number of hydrogen-bond donors (Lipinski definition) is 1. The van der Waals surface area contributed by atoms with Gasteiger partial charge in [0.15, 0.2) is 12.4 Å². The predicted molar refractivity (Wildman–Crippen MR) is 112 cm³/mol. The average Bonchev–Trinajstić information content (AvgIpc) is 3.14. The van der Waals surface area contributed by atoms with E-state index in [0.717, 1.165) is 20.9 Å². The molecule has 8 heteroatoms. The van der Waals surface area contributed by atoms with Crippen LogP contribution in [-0.4, -0.2) is 31.2 Å². The zero-order valence-electron chi connectivity index (χ0n) is 14.6. The number of halogens is 1. The van der Waals surface area contributed by atoms with E-state index in [0.29, 0.717) is 16.9 Å². The fraction of sp³-hybridized carbons (Fsp3) is 0.167. The first-order valence-corrected chi connectivity index (χ1v) is 9.44. The first kappa shape index (κ1) is 19.9. The molecule has 0 aromatic carbocycles. The number of rotatable bonds is 7. The molecule has 1 N–H and O–H groups in total. The Morgan fingerprint density at radius 2 is 2.27 bits per heavy atom. The summed E-state index contributed by atoms with van der Waals surface area (Å²) in [6, 6.07) is 7.59. The van der Waals surface area contributed by atoms with Crippen LogP contribution < -0.4 is 10.0 Å². The summed E-state index contributed by atoms with van der Waals surface area (Å²) in [7, 11) is 3.67. The van der Waals surface area contributed by atoms with Crippen molar-refractivity contribution in [1.29, 1.82) is 0 Å². The molecule has 0 saturated carbocycles. The molecule has 136 valence electrons. The fourth-order valence-corrected chi connectivity index (χ4v) is 2.88. The number of thiophene rings is 1. The van der Waals surface area contributed by atoms with Gasteiger partial charge in [-0.3, -0.25) is 10.0 Å². The molecule has 0 aliphatic heterocycles. The standard InChI is InChI=1S/C18H20BrN5OS/c1-14(19)11-22-23(3)18(10-16(20-2)17-7-5-9-26-17)21-12-15-6-4-8-24(25)13-15/h4-11,13,20H,1,12H2,2-3H3/b16-10?,21-18?,22-11-. The average molecular weight is 434 g/mol. The lowest BCUT2D eigenvalue weighted by Gasteiger charge is -2.15. The number of amidine groups is 1. The second-order valence-corrected chi connectivity index (χ2v) is 7.21. The van der Waals surface area contributed by atoms with E-state index in [1.54, 1.807) is 28.6 Å². The lowest BCUT2D eigenvalue weighted by Crippen LogP contribution is -2.25. The summed E-state index contributed by atoms with van der Waals surface area (Å²) >= 11 is 4.89. The van der Waals surface area contributed by atoms with Crippen molar-refractivity contribution in [2.75, 3.05) is 14.1 Å². The minimum atomic E-state index is 0.367. The molecule has 2 rings (SSSR count). The van der Waals surface area contributed by atoms with Crippen LogP contribution in [0.5, 0.6) is 0 Å². The van der Waals surface area contributed by atoms with Crippen LogP contribution in [0.4, 0.5) is 0 Å². The zero-order valence-corrected chi connectivity index (χ0v) is 17.0. The van der Waals surface area contributed by atoms with Gasteiger partial charge < -0.3 is 10.5 Å². The molecule has 0 saturated heterocycles. The molecule has 2 aromatic rings. The number of hydrogen-bond acceptors (Lipinski definition) is 5. The predicted octanol–water partition coefficient (Wildman–Crippen LogP) is 3.37. The van der Waals surface area contributed by atoms with Crippen LogP contribution in [0.2, 0.25) is 0 Å². The van der Waals surface area contributed by atoms with Gasteiger partial charge in [0, 0.05) is 36.3 Å². The monoisotopic (exact) mass is 433 g/mol. The van der Waals surface area contributed by atoms with Crippen LogP contribution in [0.3, 0.4) is 0 Å². The van der Waals surface area contributed by atoms with E-state index in [4.69, 9.17) is 0 Å². The third-order valence-electron chi connectivity index (χ3n) is 3.29. The van der Waals surface area contributed by atoms with E-state index >= 15 is 0 Å². The molecule has 0 atom stereocenters. The van der Waals surface area contributed by atoms with Crippen LogP contribution >= 0.6 is 27.3 Å². The van der Waals surface area contributed by atoms with Crippen LogP contribution in [-0.2, 0) is 6.54 Å². The molecule has 6 nitrogen and oxygen atoms in total. The molecule has 26 heavy (non-hydrogen) atoms. The van der Waals surface area contributed by atoms with Gasteiger partial charge in [-0.1, -0.05) is 12.6 Å². The minimum absolute atomic E-state index is 0.367. The Labute approximate surface area is 165 Å². The Bertz CT molecular complexity index is 830. The Balaban J connectivity index is 2.34. The van der Waals surface area contributed by atoms with Crippen molar-refractivity contribution in [3.8, 4) is 0 Å². The van der Waals surface area contributed by atoms with Crippen LogP contribution in [0.15, 0.2) is 69.3 Å². The van der Waals surface area contributed by atoms with Gasteiger partial charge in [-0.05, 0) is 33.4 Å². The molecule has 0 bridgehead atoms. The normalized spacial score (nSPS) is 12.4. The summed E-state index contributed by atoms with van der Waals surface area (Å²) in [4.78, 5) is 5.73. The molecule has 0 radical (unpaired) electrons. The van der Waals surface area contributed by atoms with Gasteiger partial charge in [0.25, 0.3) is 0 Å². The number of pyridine rings is 1. The van der Waals surface area contributed by atoms with Crippen molar-refractivity contribution < 1.29 is 4.73 Å². The summed E-state index contributed by atoms with van der Waals surface area (Å²) in [5.41, 5.74) is 1.75. The van der Waals surface area contributed by atoms with Crippen molar-refractivity contribution in [3.63, 3.8) is 0 Å². The van der Waals surface area contributed by atoms with Crippen LogP contribution in [0, 0.1) is 5.21 Å².